The van der Waals surface area contributed by atoms with E-state index in [4.69, 9.17) is 21.1 Å². The number of nitrogens with zero attached hydrogens (tertiary/aromatic N) is 1. The van der Waals surface area contributed by atoms with Crippen molar-refractivity contribution in [1.29, 1.82) is 0 Å². The van der Waals surface area contributed by atoms with Gasteiger partial charge in [-0.3, -0.25) is 19.3 Å². The Balaban J connectivity index is 1.48. The van der Waals surface area contributed by atoms with Crippen molar-refractivity contribution < 1.29 is 28.8 Å². The van der Waals surface area contributed by atoms with E-state index in [1.807, 2.05) is 36.5 Å². The average Bonchev–Trinajstić information content (AvgIpc) is 3.40. The van der Waals surface area contributed by atoms with Crippen LogP contribution < -0.4 is 19.3 Å². The van der Waals surface area contributed by atoms with Gasteiger partial charge in [0.15, 0.2) is 17.5 Å². The van der Waals surface area contributed by atoms with E-state index in [1.54, 1.807) is 42.5 Å². The summed E-state index contributed by atoms with van der Waals surface area (Å²) in [6.45, 7) is 0. The maximum Gasteiger partial charge on any atom is 0.244 e. The number of nitrogens with one attached hydrogen (secondary N) is 1. The number of amides is 2. The lowest BCUT2D eigenvalue weighted by Gasteiger charge is -2.30. The maximum atomic E-state index is 14.1. The lowest BCUT2D eigenvalue weighted by Crippen LogP contribution is -3.12. The molecule has 186 valence electrons. The predicted molar refractivity (Wildman–Crippen MR) is 138 cm³/mol. The molecule has 2 fully saturated rings. The number of carbonyl (C=O) groups is 3. The van der Waals surface area contributed by atoms with Gasteiger partial charge in [-0.05, 0) is 54.1 Å². The van der Waals surface area contributed by atoms with Gasteiger partial charge in [0.1, 0.15) is 17.9 Å². The molecule has 8 heteroatoms. The Morgan fingerprint density at radius 2 is 1.59 bits per heavy atom. The largest absolute Gasteiger partial charge is 0.493 e. The Hall–Kier alpha value is -3.94. The number of quaternary nitrogens is 1. The number of benzene rings is 3. The van der Waals surface area contributed by atoms with Crippen LogP contribution in [0.3, 0.4) is 0 Å². The van der Waals surface area contributed by atoms with Crippen molar-refractivity contribution in [3.8, 4) is 11.5 Å². The van der Waals surface area contributed by atoms with Crippen LogP contribution in [0.25, 0.3) is 6.08 Å². The quantitative estimate of drug-likeness (QED) is 0.416. The third kappa shape index (κ3) is 3.49. The number of hydrogen-bond donors (Lipinski definition) is 1. The van der Waals surface area contributed by atoms with Gasteiger partial charge in [0, 0.05) is 16.1 Å². The minimum absolute atomic E-state index is 0.225. The molecule has 2 amide bonds. The van der Waals surface area contributed by atoms with E-state index in [0.717, 1.165) is 16.0 Å². The van der Waals surface area contributed by atoms with E-state index in [-0.39, 0.29) is 23.6 Å². The minimum Gasteiger partial charge on any atom is -0.493 e. The van der Waals surface area contributed by atoms with Crippen molar-refractivity contribution in [2.75, 3.05) is 19.1 Å². The van der Waals surface area contributed by atoms with Gasteiger partial charge in [0.05, 0.1) is 26.1 Å². The molecule has 37 heavy (non-hydrogen) atoms. The third-order valence-corrected chi connectivity index (χ3v) is 7.91. The number of rotatable bonds is 5. The van der Waals surface area contributed by atoms with E-state index in [1.165, 1.54) is 19.1 Å². The first-order valence-electron chi connectivity index (χ1n) is 12.0. The molecule has 5 atom stereocenters. The molecule has 3 aliphatic rings. The van der Waals surface area contributed by atoms with Crippen molar-refractivity contribution in [3.05, 3.63) is 94.6 Å². The summed E-state index contributed by atoms with van der Waals surface area (Å²) in [6, 6.07) is 18.3. The summed E-state index contributed by atoms with van der Waals surface area (Å²) < 4.78 is 10.7. The number of fused-ring (bicyclic) bond motifs is 5. The van der Waals surface area contributed by atoms with Crippen molar-refractivity contribution >= 4 is 41.0 Å². The molecule has 3 aromatic rings. The Morgan fingerprint density at radius 3 is 2.32 bits per heavy atom. The molecule has 0 radical (unpaired) electrons. The summed E-state index contributed by atoms with van der Waals surface area (Å²) in [5.41, 5.74) is 2.79. The molecule has 7 nitrogen and oxygen atoms in total. The van der Waals surface area contributed by atoms with Gasteiger partial charge in [-0.2, -0.15) is 0 Å². The molecule has 0 saturated carbocycles. The summed E-state index contributed by atoms with van der Waals surface area (Å²) >= 11 is 6.05. The average molecular weight is 516 g/mol. The number of anilines is 1. The fourth-order valence-electron chi connectivity index (χ4n) is 6.06. The molecular formula is C29H24ClN2O5+. The standard InChI is InChI=1S/C29H23ClN2O5/c1-36-21-12-7-17(15-22(21)37-2)27(33)26-24-23(25-20-6-4-3-5-16(20)13-14-31(25)26)28(34)32(29(24)35)19-10-8-18(30)9-11-19/h3-15,23-26H,1-2H3/p+1/t23-,24+,25+,26+/m0/s1. The van der Waals surface area contributed by atoms with Gasteiger partial charge in [-0.1, -0.05) is 35.9 Å². The number of halogens is 1. The van der Waals surface area contributed by atoms with Crippen molar-refractivity contribution in [1.82, 2.24) is 0 Å². The molecule has 0 aliphatic carbocycles. The summed E-state index contributed by atoms with van der Waals surface area (Å²) in [7, 11) is 3.03. The second kappa shape index (κ2) is 8.87. The molecule has 0 aromatic heterocycles. The molecule has 2 saturated heterocycles. The fraction of sp³-hybridized carbons (Fsp3) is 0.207. The van der Waals surface area contributed by atoms with Crippen LogP contribution in [-0.4, -0.2) is 37.9 Å². The molecule has 1 unspecified atom stereocenters. The topological polar surface area (TPSA) is 77.4 Å². The second-order valence-electron chi connectivity index (χ2n) is 9.39. The Labute approximate surface area is 218 Å². The molecular weight excluding hydrogens is 492 g/mol. The van der Waals surface area contributed by atoms with Gasteiger partial charge in [-0.25, -0.2) is 4.90 Å². The predicted octanol–water partition coefficient (Wildman–Crippen LogP) is 3.34. The highest BCUT2D eigenvalue weighted by Crippen LogP contribution is 2.45. The second-order valence-corrected chi connectivity index (χ2v) is 9.83. The number of ether oxygens (including phenoxy) is 2. The van der Waals surface area contributed by atoms with E-state index in [0.29, 0.717) is 27.8 Å². The van der Waals surface area contributed by atoms with Gasteiger partial charge in [0.2, 0.25) is 17.6 Å². The summed E-state index contributed by atoms with van der Waals surface area (Å²) in [5.74, 6) is -1.47. The maximum absolute atomic E-state index is 14.1. The van der Waals surface area contributed by atoms with E-state index >= 15 is 0 Å². The van der Waals surface area contributed by atoms with E-state index in [9.17, 15) is 14.4 Å². The smallest absolute Gasteiger partial charge is 0.244 e. The Kier molecular flexibility index (Phi) is 5.62. The fourth-order valence-corrected chi connectivity index (χ4v) is 6.19. The van der Waals surface area contributed by atoms with Gasteiger partial charge in [0.25, 0.3) is 0 Å². The Morgan fingerprint density at radius 1 is 0.892 bits per heavy atom. The normalized spacial score (nSPS) is 25.5. The highest BCUT2D eigenvalue weighted by molar-refractivity contribution is 6.31. The zero-order valence-corrected chi connectivity index (χ0v) is 20.9. The van der Waals surface area contributed by atoms with Gasteiger partial charge in [-0.15, -0.1) is 0 Å². The summed E-state index contributed by atoms with van der Waals surface area (Å²) in [4.78, 5) is 44.0. The monoisotopic (exact) mass is 515 g/mol. The number of ketones is 1. The highest BCUT2D eigenvalue weighted by Gasteiger charge is 2.68. The number of imide groups is 1. The summed E-state index contributed by atoms with van der Waals surface area (Å²) in [6.07, 6.45) is 3.88. The molecule has 3 heterocycles. The zero-order valence-electron chi connectivity index (χ0n) is 20.2. The van der Waals surface area contributed by atoms with Gasteiger partial charge < -0.3 is 9.47 Å². The lowest BCUT2D eigenvalue weighted by molar-refractivity contribution is -0.884. The van der Waals surface area contributed by atoms with Crippen LogP contribution in [0.15, 0.2) is 72.9 Å². The van der Waals surface area contributed by atoms with E-state index in [2.05, 4.69) is 0 Å². The zero-order chi connectivity index (χ0) is 25.8. The van der Waals surface area contributed by atoms with Gasteiger partial charge >= 0.3 is 0 Å². The van der Waals surface area contributed by atoms with Crippen molar-refractivity contribution in [2.24, 2.45) is 11.8 Å². The first kappa shape index (κ1) is 23.5. The number of carbonyl (C=O) groups excluding carboxylic acids is 3. The number of Topliss-reactive ketones (excluding diaryl/α,β-unsaturated/α-hetero) is 1. The molecule has 0 spiro atoms. The third-order valence-electron chi connectivity index (χ3n) is 7.66. The Bertz CT molecular complexity index is 1470. The van der Waals surface area contributed by atoms with Crippen LogP contribution >= 0.6 is 11.6 Å². The van der Waals surface area contributed by atoms with Crippen LogP contribution in [0.1, 0.15) is 27.5 Å². The van der Waals surface area contributed by atoms with Crippen LogP contribution in [0, 0.1) is 11.8 Å². The molecule has 3 aromatic carbocycles. The SMILES string of the molecule is COc1ccc(C(=O)[C@H]2[C@@H]3C(=O)N(c4ccc(Cl)cc4)C(=O)[C@@H]3[C@H]3c4ccccc4C=C[NH+]32)cc1OC. The lowest BCUT2D eigenvalue weighted by atomic mass is 9.83. The highest BCUT2D eigenvalue weighted by atomic mass is 35.5. The van der Waals surface area contributed by atoms with Crippen LogP contribution in [0.5, 0.6) is 11.5 Å². The number of hydrogen-bond acceptors (Lipinski definition) is 5. The van der Waals surface area contributed by atoms with Crippen LogP contribution in [0.4, 0.5) is 5.69 Å². The van der Waals surface area contributed by atoms with E-state index < -0.39 is 17.9 Å². The number of methoxy groups -OCH3 is 2. The first-order valence-corrected chi connectivity index (χ1v) is 12.4. The molecule has 3 aliphatic heterocycles. The van der Waals surface area contributed by atoms with Crippen molar-refractivity contribution in [2.45, 2.75) is 12.1 Å². The van der Waals surface area contributed by atoms with Crippen molar-refractivity contribution in [3.63, 3.8) is 0 Å². The molecule has 0 bridgehead atoms. The van der Waals surface area contributed by atoms with Crippen LogP contribution in [-0.2, 0) is 9.59 Å². The first-order chi connectivity index (χ1) is 17.9. The van der Waals surface area contributed by atoms with Crippen LogP contribution in [0.2, 0.25) is 5.02 Å². The molecule has 6 rings (SSSR count). The molecule has 1 N–H and O–H groups in total. The summed E-state index contributed by atoms with van der Waals surface area (Å²) in [5, 5.41) is 0.506. The minimum atomic E-state index is -0.820.